The van der Waals surface area contributed by atoms with Crippen molar-refractivity contribution in [2.75, 3.05) is 19.8 Å². The summed E-state index contributed by atoms with van der Waals surface area (Å²) in [5, 5.41) is 17.3. The normalized spacial score (nSPS) is 11.9. The van der Waals surface area contributed by atoms with Gasteiger partial charge < -0.3 is 19.7 Å². The number of aliphatic hydroxyl groups is 1. The molecule has 1 rings (SSSR count). The summed E-state index contributed by atoms with van der Waals surface area (Å²) in [5.74, 6) is -1.20. The van der Waals surface area contributed by atoms with Gasteiger partial charge in [0.05, 0.1) is 19.8 Å². The van der Waals surface area contributed by atoms with Crippen molar-refractivity contribution in [3.63, 3.8) is 0 Å². The van der Waals surface area contributed by atoms with E-state index in [9.17, 15) is 9.59 Å². The molecule has 6 heteroatoms. The molecule has 6 nitrogen and oxygen atoms in total. The van der Waals surface area contributed by atoms with Crippen LogP contribution in [0.15, 0.2) is 30.3 Å². The number of carboxylic acid groups (broad SMARTS) is 1. The molecule has 1 atom stereocenters. The van der Waals surface area contributed by atoms with Gasteiger partial charge in [-0.25, -0.2) is 0 Å². The van der Waals surface area contributed by atoms with Crippen LogP contribution < -0.4 is 0 Å². The number of carbonyl (C=O) groups excluding carboxylic acids is 1. The molecule has 0 radical (unpaired) electrons. The minimum absolute atomic E-state index is 0.0598. The van der Waals surface area contributed by atoms with Gasteiger partial charge in [0.25, 0.3) is 0 Å². The number of aliphatic carboxylic acids is 1. The number of carboxylic acids is 1. The first-order chi connectivity index (χ1) is 11.6. The Bertz CT molecular complexity index is 474. The van der Waals surface area contributed by atoms with Gasteiger partial charge in [0, 0.05) is 12.8 Å². The molecule has 1 aromatic carbocycles. The Morgan fingerprint density at radius 1 is 1.08 bits per heavy atom. The number of benzene rings is 1. The average molecular weight is 338 g/mol. The van der Waals surface area contributed by atoms with Crippen LogP contribution in [0.25, 0.3) is 0 Å². The molecule has 1 unspecified atom stereocenters. The molecule has 1 aromatic rings. The Kier molecular flexibility index (Phi) is 10.5. The quantitative estimate of drug-likeness (QED) is 0.423. The molecule has 0 aliphatic carbocycles. The van der Waals surface area contributed by atoms with Crippen molar-refractivity contribution in [1.29, 1.82) is 0 Å². The van der Waals surface area contributed by atoms with Gasteiger partial charge in [0.2, 0.25) is 0 Å². The number of unbranched alkanes of at least 4 members (excludes halogenated alkanes) is 1. The van der Waals surface area contributed by atoms with E-state index in [2.05, 4.69) is 0 Å². The van der Waals surface area contributed by atoms with Gasteiger partial charge in [-0.1, -0.05) is 30.3 Å². The molecule has 0 spiro atoms. The largest absolute Gasteiger partial charge is 0.481 e. The van der Waals surface area contributed by atoms with Gasteiger partial charge in [-0.05, 0) is 31.2 Å². The van der Waals surface area contributed by atoms with Crippen LogP contribution in [-0.2, 0) is 25.5 Å². The van der Waals surface area contributed by atoms with Crippen molar-refractivity contribution in [2.24, 2.45) is 0 Å². The van der Waals surface area contributed by atoms with Crippen molar-refractivity contribution in [2.45, 2.75) is 44.6 Å². The summed E-state index contributed by atoms with van der Waals surface area (Å²) >= 11 is 0. The lowest BCUT2D eigenvalue weighted by molar-refractivity contribution is -0.153. The second-order valence-corrected chi connectivity index (χ2v) is 5.54. The van der Waals surface area contributed by atoms with Crippen LogP contribution in [-0.4, -0.2) is 48.1 Å². The number of aliphatic hydroxyl groups excluding tert-OH is 1. The lowest BCUT2D eigenvalue weighted by atomic mass is 10.1. The summed E-state index contributed by atoms with van der Waals surface area (Å²) in [6, 6.07) is 9.89. The van der Waals surface area contributed by atoms with E-state index in [-0.39, 0.29) is 44.7 Å². The van der Waals surface area contributed by atoms with Gasteiger partial charge in [-0.15, -0.1) is 0 Å². The van der Waals surface area contributed by atoms with E-state index >= 15 is 0 Å². The molecular weight excluding hydrogens is 312 g/mol. The van der Waals surface area contributed by atoms with Crippen molar-refractivity contribution in [3.8, 4) is 0 Å². The molecule has 134 valence electrons. The molecule has 0 fully saturated rings. The minimum Gasteiger partial charge on any atom is -0.481 e. The molecule has 0 aliphatic heterocycles. The minimum atomic E-state index is -0.860. The Balaban J connectivity index is 2.36. The number of esters is 1. The lowest BCUT2D eigenvalue weighted by Gasteiger charge is -2.18. The molecule has 0 aromatic heterocycles. The van der Waals surface area contributed by atoms with Crippen molar-refractivity contribution < 1.29 is 29.3 Å². The molecule has 24 heavy (non-hydrogen) atoms. The maximum Gasteiger partial charge on any atom is 0.306 e. The first-order valence-corrected chi connectivity index (χ1v) is 8.25. The maximum absolute atomic E-state index is 11.9. The van der Waals surface area contributed by atoms with Gasteiger partial charge in [-0.2, -0.15) is 0 Å². The van der Waals surface area contributed by atoms with Gasteiger partial charge in [0.15, 0.2) is 0 Å². The fraction of sp³-hybridized carbons (Fsp3) is 0.556. The Hall–Kier alpha value is -1.92. The summed E-state index contributed by atoms with van der Waals surface area (Å²) in [4.78, 5) is 22.3. The lowest BCUT2D eigenvalue weighted by Crippen LogP contribution is -2.25. The van der Waals surface area contributed by atoms with E-state index in [1.54, 1.807) is 0 Å². The molecule has 0 saturated carbocycles. The van der Waals surface area contributed by atoms with E-state index in [0.717, 1.165) is 12.0 Å². The summed E-state index contributed by atoms with van der Waals surface area (Å²) in [6.45, 7) is 0.376. The Morgan fingerprint density at radius 2 is 1.79 bits per heavy atom. The third-order valence-electron chi connectivity index (χ3n) is 3.46. The van der Waals surface area contributed by atoms with E-state index in [4.69, 9.17) is 19.7 Å². The summed E-state index contributed by atoms with van der Waals surface area (Å²) in [7, 11) is 0. The van der Waals surface area contributed by atoms with Gasteiger partial charge in [0.1, 0.15) is 6.10 Å². The first-order valence-electron chi connectivity index (χ1n) is 8.25. The third kappa shape index (κ3) is 9.97. The topological polar surface area (TPSA) is 93.1 Å². The van der Waals surface area contributed by atoms with Crippen LogP contribution in [0.2, 0.25) is 0 Å². The molecule has 0 heterocycles. The van der Waals surface area contributed by atoms with Crippen LogP contribution in [0, 0.1) is 0 Å². The molecular formula is C18H26O6. The first kappa shape index (κ1) is 20.1. The smallest absolute Gasteiger partial charge is 0.306 e. The van der Waals surface area contributed by atoms with Gasteiger partial charge >= 0.3 is 11.9 Å². The molecule has 0 bridgehead atoms. The number of rotatable bonds is 13. The highest BCUT2D eigenvalue weighted by molar-refractivity contribution is 5.70. The Labute approximate surface area is 142 Å². The predicted molar refractivity (Wildman–Crippen MR) is 88.7 cm³/mol. The number of ether oxygens (including phenoxy) is 2. The SMILES string of the molecule is O=C(O)CCCCC(=O)OC(CCc1ccccc1)COCCO. The number of hydrogen-bond donors (Lipinski definition) is 2. The van der Waals surface area contributed by atoms with Crippen LogP contribution in [0.4, 0.5) is 0 Å². The highest BCUT2D eigenvalue weighted by Gasteiger charge is 2.15. The Morgan fingerprint density at radius 3 is 2.46 bits per heavy atom. The summed E-state index contributed by atoms with van der Waals surface area (Å²) in [5.41, 5.74) is 1.15. The van der Waals surface area contributed by atoms with Crippen LogP contribution >= 0.6 is 0 Å². The predicted octanol–water partition coefficient (Wildman–Crippen LogP) is 2.18. The van der Waals surface area contributed by atoms with Crippen LogP contribution in [0.5, 0.6) is 0 Å². The van der Waals surface area contributed by atoms with Gasteiger partial charge in [-0.3, -0.25) is 9.59 Å². The number of hydrogen-bond acceptors (Lipinski definition) is 5. The zero-order valence-corrected chi connectivity index (χ0v) is 13.9. The summed E-state index contributed by atoms with van der Waals surface area (Å²) < 4.78 is 10.7. The van der Waals surface area contributed by atoms with Crippen LogP contribution in [0.3, 0.4) is 0 Å². The van der Waals surface area contributed by atoms with Crippen molar-refractivity contribution in [1.82, 2.24) is 0 Å². The molecule has 0 amide bonds. The van der Waals surface area contributed by atoms with Crippen LogP contribution in [0.1, 0.15) is 37.7 Å². The zero-order valence-electron chi connectivity index (χ0n) is 13.9. The third-order valence-corrected chi connectivity index (χ3v) is 3.46. The maximum atomic E-state index is 11.9. The average Bonchev–Trinajstić information content (AvgIpc) is 2.57. The fourth-order valence-electron chi connectivity index (χ4n) is 2.22. The van der Waals surface area contributed by atoms with E-state index in [0.29, 0.717) is 19.3 Å². The number of carbonyl (C=O) groups is 2. The van der Waals surface area contributed by atoms with Crippen molar-refractivity contribution >= 4 is 11.9 Å². The molecule has 0 aliphatic rings. The molecule has 0 saturated heterocycles. The second-order valence-electron chi connectivity index (χ2n) is 5.54. The monoisotopic (exact) mass is 338 g/mol. The second kappa shape index (κ2) is 12.5. The highest BCUT2D eigenvalue weighted by atomic mass is 16.6. The fourth-order valence-corrected chi connectivity index (χ4v) is 2.22. The van der Waals surface area contributed by atoms with E-state index < -0.39 is 5.97 Å². The highest BCUT2D eigenvalue weighted by Crippen LogP contribution is 2.10. The standard InChI is InChI=1S/C18H26O6/c19-12-13-23-14-16(11-10-15-6-2-1-3-7-15)24-18(22)9-5-4-8-17(20)21/h1-3,6-7,16,19H,4-5,8-14H2,(H,20,21). The molecule has 2 N–H and O–H groups in total. The summed E-state index contributed by atoms with van der Waals surface area (Å²) in [6.07, 6.45) is 2.24. The van der Waals surface area contributed by atoms with E-state index in [1.165, 1.54) is 0 Å². The number of aryl methyl sites for hydroxylation is 1. The van der Waals surface area contributed by atoms with E-state index in [1.807, 2.05) is 30.3 Å². The van der Waals surface area contributed by atoms with Crippen molar-refractivity contribution in [3.05, 3.63) is 35.9 Å². The zero-order chi connectivity index (χ0) is 17.6.